The van der Waals surface area contributed by atoms with Crippen LogP contribution in [-0.4, -0.2) is 29.7 Å². The molecule has 3 nitrogen and oxygen atoms in total. The normalized spacial score (nSPS) is 15.3. The van der Waals surface area contributed by atoms with Gasteiger partial charge in [0.15, 0.2) is 0 Å². The molecule has 3 rings (SSSR count). The van der Waals surface area contributed by atoms with Crippen LogP contribution in [0.4, 0.5) is 4.79 Å². The van der Waals surface area contributed by atoms with E-state index in [4.69, 9.17) is 4.74 Å². The Morgan fingerprint density at radius 3 is 2.62 bits per heavy atom. The van der Waals surface area contributed by atoms with Gasteiger partial charge in [-0.2, -0.15) is 0 Å². The lowest BCUT2D eigenvalue weighted by Crippen LogP contribution is -2.39. The SMILES string of the molecule is Cc1ccc2c(C3=CCN(C(=O)OC(C)(C)C)CC3)cccc2c1. The van der Waals surface area contributed by atoms with Crippen molar-refractivity contribution >= 4 is 22.4 Å². The number of fused-ring (bicyclic) bond motifs is 1. The number of benzene rings is 2. The maximum atomic E-state index is 12.2. The Morgan fingerprint density at radius 2 is 1.96 bits per heavy atom. The van der Waals surface area contributed by atoms with Gasteiger partial charge in [-0.05, 0) is 56.0 Å². The molecule has 1 amide bonds. The van der Waals surface area contributed by atoms with Crippen LogP contribution in [0.25, 0.3) is 16.3 Å². The van der Waals surface area contributed by atoms with E-state index in [1.54, 1.807) is 4.90 Å². The summed E-state index contributed by atoms with van der Waals surface area (Å²) in [6.07, 6.45) is 2.78. The van der Waals surface area contributed by atoms with E-state index >= 15 is 0 Å². The molecule has 0 saturated heterocycles. The number of rotatable bonds is 1. The van der Waals surface area contributed by atoms with E-state index in [0.29, 0.717) is 13.1 Å². The zero-order chi connectivity index (χ0) is 17.3. The highest BCUT2D eigenvalue weighted by Gasteiger charge is 2.24. The zero-order valence-corrected chi connectivity index (χ0v) is 14.9. The van der Waals surface area contributed by atoms with Crippen LogP contribution in [0.15, 0.2) is 42.5 Å². The molecule has 24 heavy (non-hydrogen) atoms. The maximum Gasteiger partial charge on any atom is 0.410 e. The fourth-order valence-corrected chi connectivity index (χ4v) is 3.09. The van der Waals surface area contributed by atoms with Crippen LogP contribution in [0.5, 0.6) is 0 Å². The van der Waals surface area contributed by atoms with Crippen molar-refractivity contribution in [2.45, 2.75) is 39.7 Å². The van der Waals surface area contributed by atoms with Crippen LogP contribution < -0.4 is 0 Å². The van der Waals surface area contributed by atoms with E-state index in [-0.39, 0.29) is 6.09 Å². The molecule has 126 valence electrons. The third kappa shape index (κ3) is 3.61. The molecule has 0 aromatic heterocycles. The van der Waals surface area contributed by atoms with Crippen molar-refractivity contribution in [3.05, 3.63) is 53.6 Å². The minimum atomic E-state index is -0.450. The van der Waals surface area contributed by atoms with Crippen molar-refractivity contribution in [3.63, 3.8) is 0 Å². The molecule has 2 aromatic carbocycles. The second kappa shape index (κ2) is 6.31. The van der Waals surface area contributed by atoms with Crippen molar-refractivity contribution in [2.75, 3.05) is 13.1 Å². The van der Waals surface area contributed by atoms with Gasteiger partial charge in [0.1, 0.15) is 5.60 Å². The summed E-state index contributed by atoms with van der Waals surface area (Å²) in [6, 6.07) is 13.0. The number of nitrogens with zero attached hydrogens (tertiary/aromatic N) is 1. The van der Waals surface area contributed by atoms with Gasteiger partial charge in [-0.1, -0.05) is 48.0 Å². The molecule has 0 fully saturated rings. The van der Waals surface area contributed by atoms with Crippen molar-refractivity contribution < 1.29 is 9.53 Å². The Balaban J connectivity index is 1.82. The molecule has 0 atom stereocenters. The molecule has 1 heterocycles. The first-order valence-corrected chi connectivity index (χ1v) is 8.50. The van der Waals surface area contributed by atoms with E-state index in [2.05, 4.69) is 49.4 Å². The molecule has 0 aliphatic carbocycles. The fraction of sp³-hybridized carbons (Fsp3) is 0.381. The molecule has 3 heteroatoms. The lowest BCUT2D eigenvalue weighted by Gasteiger charge is -2.30. The van der Waals surface area contributed by atoms with Crippen LogP contribution >= 0.6 is 0 Å². The quantitative estimate of drug-likeness (QED) is 0.724. The number of carbonyl (C=O) groups is 1. The van der Waals surface area contributed by atoms with Crippen LogP contribution in [-0.2, 0) is 4.74 Å². The molecule has 0 unspecified atom stereocenters. The topological polar surface area (TPSA) is 29.5 Å². The van der Waals surface area contributed by atoms with Crippen molar-refractivity contribution in [2.24, 2.45) is 0 Å². The van der Waals surface area contributed by atoms with Gasteiger partial charge < -0.3 is 9.64 Å². The minimum Gasteiger partial charge on any atom is -0.444 e. The summed E-state index contributed by atoms with van der Waals surface area (Å²) in [5, 5.41) is 2.54. The average molecular weight is 323 g/mol. The van der Waals surface area contributed by atoms with Gasteiger partial charge in [0, 0.05) is 13.1 Å². The van der Waals surface area contributed by atoms with Crippen LogP contribution in [0.3, 0.4) is 0 Å². The number of aryl methyl sites for hydroxylation is 1. The number of carbonyl (C=O) groups excluding carboxylic acids is 1. The second-order valence-corrected chi connectivity index (χ2v) is 7.44. The van der Waals surface area contributed by atoms with Gasteiger partial charge in [-0.15, -0.1) is 0 Å². The van der Waals surface area contributed by atoms with Crippen molar-refractivity contribution in [1.29, 1.82) is 0 Å². The molecule has 0 N–H and O–H groups in total. The highest BCUT2D eigenvalue weighted by Crippen LogP contribution is 2.30. The molecule has 0 saturated carbocycles. The maximum absolute atomic E-state index is 12.2. The number of amides is 1. The lowest BCUT2D eigenvalue weighted by molar-refractivity contribution is 0.0270. The number of hydrogen-bond donors (Lipinski definition) is 0. The summed E-state index contributed by atoms with van der Waals surface area (Å²) in [7, 11) is 0. The molecular weight excluding hydrogens is 298 g/mol. The number of ether oxygens (including phenoxy) is 1. The molecule has 0 spiro atoms. The Morgan fingerprint density at radius 1 is 1.17 bits per heavy atom. The number of hydrogen-bond acceptors (Lipinski definition) is 2. The molecule has 0 bridgehead atoms. The molecule has 2 aromatic rings. The Bertz CT molecular complexity index is 799. The Hall–Kier alpha value is -2.29. The van der Waals surface area contributed by atoms with Crippen LogP contribution in [0, 0.1) is 6.92 Å². The monoisotopic (exact) mass is 323 g/mol. The van der Waals surface area contributed by atoms with Gasteiger partial charge in [-0.25, -0.2) is 4.79 Å². The van der Waals surface area contributed by atoms with Crippen LogP contribution in [0.2, 0.25) is 0 Å². The third-order valence-corrected chi connectivity index (χ3v) is 4.24. The van der Waals surface area contributed by atoms with E-state index in [9.17, 15) is 4.79 Å². The van der Waals surface area contributed by atoms with Gasteiger partial charge in [-0.3, -0.25) is 0 Å². The highest BCUT2D eigenvalue weighted by molar-refractivity contribution is 5.94. The first kappa shape index (κ1) is 16.6. The molecule has 1 aliphatic rings. The minimum absolute atomic E-state index is 0.230. The largest absolute Gasteiger partial charge is 0.444 e. The molecule has 1 aliphatic heterocycles. The molecule has 0 radical (unpaired) electrons. The summed E-state index contributed by atoms with van der Waals surface area (Å²) in [5.74, 6) is 0. The van der Waals surface area contributed by atoms with Gasteiger partial charge in [0.25, 0.3) is 0 Å². The lowest BCUT2D eigenvalue weighted by atomic mass is 9.93. The Labute approximate surface area is 143 Å². The van der Waals surface area contributed by atoms with E-state index < -0.39 is 5.60 Å². The summed E-state index contributed by atoms with van der Waals surface area (Å²) in [6.45, 7) is 9.11. The van der Waals surface area contributed by atoms with Crippen LogP contribution in [0.1, 0.15) is 38.3 Å². The Kier molecular flexibility index (Phi) is 4.35. The first-order chi connectivity index (χ1) is 11.3. The van der Waals surface area contributed by atoms with Gasteiger partial charge in [0.2, 0.25) is 0 Å². The second-order valence-electron chi connectivity index (χ2n) is 7.44. The van der Waals surface area contributed by atoms with E-state index in [0.717, 1.165) is 6.42 Å². The molecular formula is C21H25NO2. The highest BCUT2D eigenvalue weighted by atomic mass is 16.6. The van der Waals surface area contributed by atoms with Gasteiger partial charge >= 0.3 is 6.09 Å². The predicted octanol–water partition coefficient (Wildman–Crippen LogP) is 5.17. The summed E-state index contributed by atoms with van der Waals surface area (Å²) < 4.78 is 5.46. The van der Waals surface area contributed by atoms with Crippen molar-refractivity contribution in [3.8, 4) is 0 Å². The summed E-state index contributed by atoms with van der Waals surface area (Å²) >= 11 is 0. The van der Waals surface area contributed by atoms with E-state index in [1.807, 2.05) is 20.8 Å². The van der Waals surface area contributed by atoms with Gasteiger partial charge in [0.05, 0.1) is 0 Å². The summed E-state index contributed by atoms with van der Waals surface area (Å²) in [5.41, 5.74) is 3.41. The van der Waals surface area contributed by atoms with E-state index in [1.165, 1.54) is 27.5 Å². The predicted molar refractivity (Wildman–Crippen MR) is 99.1 cm³/mol. The zero-order valence-electron chi connectivity index (χ0n) is 14.9. The third-order valence-electron chi connectivity index (χ3n) is 4.24. The average Bonchev–Trinajstić information content (AvgIpc) is 2.52. The summed E-state index contributed by atoms with van der Waals surface area (Å²) in [4.78, 5) is 13.9. The fourth-order valence-electron chi connectivity index (χ4n) is 3.09. The first-order valence-electron chi connectivity index (χ1n) is 8.50. The van der Waals surface area contributed by atoms with Crippen molar-refractivity contribution in [1.82, 2.24) is 4.90 Å². The standard InChI is InChI=1S/C21H25NO2/c1-15-8-9-19-17(14-15)6-5-7-18(19)16-10-12-22(13-11-16)20(23)24-21(2,3)4/h5-10,14H,11-13H2,1-4H3. The smallest absolute Gasteiger partial charge is 0.410 e.